The van der Waals surface area contributed by atoms with Gasteiger partial charge < -0.3 is 24.6 Å². The van der Waals surface area contributed by atoms with Crippen molar-refractivity contribution in [3.05, 3.63) is 65.9 Å². The average molecular weight is 341 g/mol. The SMILES string of the molecule is Cc1ccc(-c2nc(CNC(=O)NCC(O)c3ccco3)co2)cc1. The summed E-state index contributed by atoms with van der Waals surface area (Å²) in [6.45, 7) is 2.28. The molecule has 3 N–H and O–H groups in total. The Morgan fingerprint density at radius 1 is 1.20 bits per heavy atom. The third-order valence-corrected chi connectivity index (χ3v) is 3.61. The van der Waals surface area contributed by atoms with Crippen LogP contribution in [0.25, 0.3) is 11.5 Å². The van der Waals surface area contributed by atoms with Crippen molar-refractivity contribution >= 4 is 6.03 Å². The van der Waals surface area contributed by atoms with Gasteiger partial charge in [0.05, 0.1) is 25.0 Å². The van der Waals surface area contributed by atoms with E-state index in [2.05, 4.69) is 15.6 Å². The van der Waals surface area contributed by atoms with Crippen LogP contribution in [0.5, 0.6) is 0 Å². The summed E-state index contributed by atoms with van der Waals surface area (Å²) in [5, 5.41) is 15.1. The summed E-state index contributed by atoms with van der Waals surface area (Å²) < 4.78 is 10.5. The highest BCUT2D eigenvalue weighted by molar-refractivity contribution is 5.73. The Kier molecular flexibility index (Phi) is 5.15. The van der Waals surface area contributed by atoms with Crippen LogP contribution in [0.3, 0.4) is 0 Å². The quantitative estimate of drug-likeness (QED) is 0.640. The molecule has 0 radical (unpaired) electrons. The lowest BCUT2D eigenvalue weighted by Crippen LogP contribution is -2.37. The molecule has 0 saturated carbocycles. The van der Waals surface area contributed by atoms with Crippen LogP contribution in [-0.2, 0) is 6.54 Å². The van der Waals surface area contributed by atoms with E-state index in [1.165, 1.54) is 12.5 Å². The molecular formula is C18H19N3O4. The minimum atomic E-state index is -0.888. The van der Waals surface area contributed by atoms with Gasteiger partial charge in [-0.25, -0.2) is 9.78 Å². The number of furan rings is 1. The van der Waals surface area contributed by atoms with E-state index >= 15 is 0 Å². The maximum absolute atomic E-state index is 11.8. The number of nitrogens with zero attached hydrogens (tertiary/aromatic N) is 1. The van der Waals surface area contributed by atoms with Crippen molar-refractivity contribution in [2.75, 3.05) is 6.54 Å². The second-order valence-corrected chi connectivity index (χ2v) is 5.60. The van der Waals surface area contributed by atoms with Crippen LogP contribution in [-0.4, -0.2) is 22.7 Å². The van der Waals surface area contributed by atoms with E-state index in [4.69, 9.17) is 8.83 Å². The van der Waals surface area contributed by atoms with E-state index in [0.717, 1.165) is 11.1 Å². The first-order valence-electron chi connectivity index (χ1n) is 7.86. The molecule has 1 aromatic carbocycles. The fourth-order valence-corrected chi connectivity index (χ4v) is 2.22. The molecule has 1 atom stereocenters. The van der Waals surface area contributed by atoms with E-state index in [9.17, 15) is 9.90 Å². The molecule has 2 heterocycles. The molecule has 0 saturated heterocycles. The summed E-state index contributed by atoms with van der Waals surface area (Å²) >= 11 is 0. The topological polar surface area (TPSA) is 101 Å². The zero-order valence-electron chi connectivity index (χ0n) is 13.7. The van der Waals surface area contributed by atoms with Gasteiger partial charge in [-0.15, -0.1) is 0 Å². The number of aliphatic hydroxyl groups is 1. The first kappa shape index (κ1) is 16.8. The number of oxazole rings is 1. The maximum atomic E-state index is 11.8. The molecule has 2 aromatic heterocycles. The molecule has 0 aliphatic heterocycles. The molecule has 7 heteroatoms. The molecule has 0 aliphatic rings. The minimum absolute atomic E-state index is 0.0484. The number of urea groups is 1. The van der Waals surface area contributed by atoms with E-state index in [-0.39, 0.29) is 13.1 Å². The third-order valence-electron chi connectivity index (χ3n) is 3.61. The van der Waals surface area contributed by atoms with Gasteiger partial charge in [-0.3, -0.25) is 0 Å². The van der Waals surface area contributed by atoms with Crippen molar-refractivity contribution in [1.82, 2.24) is 15.6 Å². The number of amides is 2. The van der Waals surface area contributed by atoms with E-state index in [0.29, 0.717) is 17.3 Å². The summed E-state index contributed by atoms with van der Waals surface area (Å²) in [5.41, 5.74) is 2.64. The lowest BCUT2D eigenvalue weighted by molar-refractivity contribution is 0.148. The van der Waals surface area contributed by atoms with Crippen LogP contribution in [0.1, 0.15) is 23.1 Å². The van der Waals surface area contributed by atoms with Crippen LogP contribution in [0.15, 0.2) is 57.8 Å². The molecule has 3 rings (SSSR count). The average Bonchev–Trinajstić information content (AvgIpc) is 3.30. The van der Waals surface area contributed by atoms with Crippen molar-refractivity contribution in [1.29, 1.82) is 0 Å². The van der Waals surface area contributed by atoms with Gasteiger partial charge in [-0.2, -0.15) is 0 Å². The van der Waals surface area contributed by atoms with Crippen molar-refractivity contribution in [2.24, 2.45) is 0 Å². The standard InChI is InChI=1S/C18H19N3O4/c1-12-4-6-13(7-5-12)17-21-14(11-25-17)9-19-18(23)20-10-15(22)16-3-2-8-24-16/h2-8,11,15,22H,9-10H2,1H3,(H2,19,20,23). The molecule has 130 valence electrons. The van der Waals surface area contributed by atoms with Gasteiger partial charge in [-0.1, -0.05) is 17.7 Å². The number of benzene rings is 1. The number of rotatable bonds is 6. The Balaban J connectivity index is 1.47. The van der Waals surface area contributed by atoms with Gasteiger partial charge >= 0.3 is 6.03 Å². The lowest BCUT2D eigenvalue weighted by atomic mass is 10.1. The number of hydrogen-bond donors (Lipinski definition) is 3. The highest BCUT2D eigenvalue weighted by Gasteiger charge is 2.12. The highest BCUT2D eigenvalue weighted by atomic mass is 16.4. The molecule has 0 spiro atoms. The molecule has 0 fully saturated rings. The fraction of sp³-hybridized carbons (Fsp3) is 0.222. The number of hydrogen-bond acceptors (Lipinski definition) is 5. The molecule has 7 nitrogen and oxygen atoms in total. The predicted octanol–water partition coefficient (Wildman–Crippen LogP) is 2.78. The van der Waals surface area contributed by atoms with Gasteiger partial charge in [0.1, 0.15) is 18.1 Å². The molecular weight excluding hydrogens is 322 g/mol. The highest BCUT2D eigenvalue weighted by Crippen LogP contribution is 2.19. The number of carbonyl (C=O) groups excluding carboxylic acids is 1. The second-order valence-electron chi connectivity index (χ2n) is 5.60. The summed E-state index contributed by atoms with van der Waals surface area (Å²) in [4.78, 5) is 16.1. The molecule has 3 aromatic rings. The number of nitrogens with one attached hydrogen (secondary N) is 2. The Bertz CT molecular complexity index is 809. The Labute approximate surface area is 144 Å². The van der Waals surface area contributed by atoms with Crippen LogP contribution in [0, 0.1) is 6.92 Å². The first-order chi connectivity index (χ1) is 12.1. The van der Waals surface area contributed by atoms with Crippen molar-refractivity contribution in [2.45, 2.75) is 19.6 Å². The zero-order valence-corrected chi connectivity index (χ0v) is 13.7. The first-order valence-corrected chi connectivity index (χ1v) is 7.86. The van der Waals surface area contributed by atoms with Crippen LogP contribution >= 0.6 is 0 Å². The third kappa shape index (κ3) is 4.48. The Morgan fingerprint density at radius 3 is 2.72 bits per heavy atom. The normalized spacial score (nSPS) is 11.9. The summed E-state index contributed by atoms with van der Waals surface area (Å²) in [5.74, 6) is 0.907. The van der Waals surface area contributed by atoms with Crippen molar-refractivity contribution in [3.8, 4) is 11.5 Å². The Morgan fingerprint density at radius 2 is 2.00 bits per heavy atom. The minimum Gasteiger partial charge on any atom is -0.467 e. The lowest BCUT2D eigenvalue weighted by Gasteiger charge is -2.10. The number of aliphatic hydroxyl groups excluding tert-OH is 1. The number of aromatic nitrogens is 1. The molecule has 1 unspecified atom stereocenters. The van der Waals surface area contributed by atoms with Gasteiger partial charge in [0.25, 0.3) is 0 Å². The van der Waals surface area contributed by atoms with Crippen LogP contribution in [0.2, 0.25) is 0 Å². The number of carbonyl (C=O) groups is 1. The fourth-order valence-electron chi connectivity index (χ4n) is 2.22. The van der Waals surface area contributed by atoms with Gasteiger partial charge in [0.2, 0.25) is 5.89 Å². The molecule has 25 heavy (non-hydrogen) atoms. The van der Waals surface area contributed by atoms with Crippen molar-refractivity contribution < 1.29 is 18.7 Å². The second kappa shape index (κ2) is 7.67. The Hall–Kier alpha value is -3.06. The zero-order chi connectivity index (χ0) is 17.6. The van der Waals surface area contributed by atoms with Gasteiger partial charge in [0.15, 0.2) is 0 Å². The largest absolute Gasteiger partial charge is 0.467 e. The molecule has 0 aliphatic carbocycles. The predicted molar refractivity (Wildman–Crippen MR) is 90.6 cm³/mol. The maximum Gasteiger partial charge on any atom is 0.315 e. The number of aryl methyl sites for hydroxylation is 1. The molecule has 0 bridgehead atoms. The van der Waals surface area contributed by atoms with Gasteiger partial charge in [0, 0.05) is 5.56 Å². The van der Waals surface area contributed by atoms with E-state index in [1.807, 2.05) is 31.2 Å². The van der Waals surface area contributed by atoms with Crippen LogP contribution in [0.4, 0.5) is 4.79 Å². The van der Waals surface area contributed by atoms with Gasteiger partial charge in [-0.05, 0) is 31.2 Å². The monoisotopic (exact) mass is 341 g/mol. The summed E-state index contributed by atoms with van der Waals surface area (Å²) in [7, 11) is 0. The summed E-state index contributed by atoms with van der Waals surface area (Å²) in [6, 6.07) is 10.7. The smallest absolute Gasteiger partial charge is 0.315 e. The van der Waals surface area contributed by atoms with E-state index < -0.39 is 12.1 Å². The molecule has 2 amide bonds. The van der Waals surface area contributed by atoms with Crippen LogP contribution < -0.4 is 10.6 Å². The summed E-state index contributed by atoms with van der Waals surface area (Å²) in [6.07, 6.45) is 2.09. The van der Waals surface area contributed by atoms with E-state index in [1.54, 1.807) is 12.1 Å². The van der Waals surface area contributed by atoms with Crippen molar-refractivity contribution in [3.63, 3.8) is 0 Å².